The molecule has 1 unspecified atom stereocenters. The molecule has 0 aromatic heterocycles. The lowest BCUT2D eigenvalue weighted by Gasteiger charge is -2.08. The van der Waals surface area contributed by atoms with E-state index in [-0.39, 0.29) is 5.91 Å². The molecular weight excluding hydrogens is 184 g/mol. The summed E-state index contributed by atoms with van der Waals surface area (Å²) in [6.07, 6.45) is 2.63. The number of rotatable bonds is 7. The molecule has 76 valence electrons. The van der Waals surface area contributed by atoms with Crippen molar-refractivity contribution in [2.24, 2.45) is 5.73 Å². The predicted molar refractivity (Wildman–Crippen MR) is 58.8 cm³/mol. The van der Waals surface area contributed by atoms with Gasteiger partial charge in [0.15, 0.2) is 0 Å². The van der Waals surface area contributed by atoms with Crippen LogP contribution in [0.2, 0.25) is 0 Å². The first kappa shape index (κ1) is 12.5. The third-order valence-electron chi connectivity index (χ3n) is 1.52. The van der Waals surface area contributed by atoms with E-state index in [1.165, 1.54) is 0 Å². The van der Waals surface area contributed by atoms with Gasteiger partial charge in [-0.3, -0.25) is 4.79 Å². The van der Waals surface area contributed by atoms with Crippen molar-refractivity contribution in [3.63, 3.8) is 0 Å². The summed E-state index contributed by atoms with van der Waals surface area (Å²) in [6.45, 7) is 6.83. The van der Waals surface area contributed by atoms with Gasteiger partial charge in [-0.25, -0.2) is 0 Å². The molecule has 0 bridgehead atoms. The van der Waals surface area contributed by atoms with Gasteiger partial charge in [-0.2, -0.15) is 0 Å². The summed E-state index contributed by atoms with van der Waals surface area (Å²) in [4.78, 5) is 11.1. The number of hydrogen-bond donors (Lipinski definition) is 2. The summed E-state index contributed by atoms with van der Waals surface area (Å²) in [5, 5.41) is 3.18. The fourth-order valence-electron chi connectivity index (χ4n) is 0.773. The van der Waals surface area contributed by atoms with Crippen molar-refractivity contribution in [1.29, 1.82) is 0 Å². The molecule has 3 N–H and O–H groups in total. The van der Waals surface area contributed by atoms with Crippen molar-refractivity contribution < 1.29 is 4.79 Å². The van der Waals surface area contributed by atoms with E-state index >= 15 is 0 Å². The highest BCUT2D eigenvalue weighted by Crippen LogP contribution is 2.12. The largest absolute Gasteiger partial charge is 0.352 e. The van der Waals surface area contributed by atoms with Crippen LogP contribution >= 0.6 is 11.8 Å². The van der Waals surface area contributed by atoms with E-state index in [2.05, 4.69) is 18.8 Å². The van der Waals surface area contributed by atoms with Crippen LogP contribution in [0.25, 0.3) is 0 Å². The molecule has 0 aliphatic rings. The molecule has 0 spiro atoms. The first-order valence-corrected chi connectivity index (χ1v) is 5.44. The second-order valence-corrected chi connectivity index (χ2v) is 4.22. The minimum atomic E-state index is 0.0637. The van der Waals surface area contributed by atoms with Gasteiger partial charge in [0.25, 0.3) is 0 Å². The van der Waals surface area contributed by atoms with Crippen LogP contribution < -0.4 is 11.1 Å². The highest BCUT2D eigenvalue weighted by Gasteiger charge is 2.04. The highest BCUT2D eigenvalue weighted by molar-refractivity contribution is 8.00. The molecule has 4 heteroatoms. The summed E-state index contributed by atoms with van der Waals surface area (Å²) < 4.78 is 0. The molecule has 0 saturated heterocycles. The number of carbonyl (C=O) groups is 1. The smallest absolute Gasteiger partial charge is 0.230 e. The van der Waals surface area contributed by atoms with Crippen LogP contribution in [0, 0.1) is 0 Å². The zero-order chi connectivity index (χ0) is 10.1. The maximum absolute atomic E-state index is 11.1. The molecule has 1 amide bonds. The van der Waals surface area contributed by atoms with E-state index in [9.17, 15) is 4.79 Å². The number of thioether (sulfide) groups is 1. The number of amides is 1. The number of carbonyl (C=O) groups excluding carboxylic acids is 1. The molecule has 3 nitrogen and oxygen atoms in total. The third kappa shape index (κ3) is 7.87. The molecule has 0 fully saturated rings. The Labute approximate surface area is 84.1 Å². The summed E-state index contributed by atoms with van der Waals surface area (Å²) in [7, 11) is 0. The van der Waals surface area contributed by atoms with Crippen molar-refractivity contribution in [3.8, 4) is 0 Å². The normalized spacial score (nSPS) is 12.2. The van der Waals surface area contributed by atoms with Crippen LogP contribution in [0.4, 0.5) is 0 Å². The van der Waals surface area contributed by atoms with E-state index in [0.29, 0.717) is 24.1 Å². The molecule has 0 aliphatic carbocycles. The maximum Gasteiger partial charge on any atom is 0.230 e. The van der Waals surface area contributed by atoms with Crippen LogP contribution in [0.15, 0.2) is 12.7 Å². The fraction of sp³-hybridized carbons (Fsp3) is 0.667. The maximum atomic E-state index is 11.1. The number of hydrogen-bond acceptors (Lipinski definition) is 3. The Kier molecular flexibility index (Phi) is 7.83. The fourth-order valence-corrected chi connectivity index (χ4v) is 1.61. The molecule has 0 aliphatic heterocycles. The minimum Gasteiger partial charge on any atom is -0.352 e. The zero-order valence-electron chi connectivity index (χ0n) is 8.08. The standard InChI is InChI=1S/C9H18N2OS/c1-3-6-11-9(12)7-13-8(2)4-5-10/h3,8H,1,4-7,10H2,2H3,(H,11,12). The van der Waals surface area contributed by atoms with Gasteiger partial charge in [-0.1, -0.05) is 13.0 Å². The van der Waals surface area contributed by atoms with Gasteiger partial charge in [-0.05, 0) is 13.0 Å². The van der Waals surface area contributed by atoms with Gasteiger partial charge in [0.1, 0.15) is 0 Å². The van der Waals surface area contributed by atoms with Gasteiger partial charge in [0.2, 0.25) is 5.91 Å². The number of nitrogens with two attached hydrogens (primary N) is 1. The molecular formula is C9H18N2OS. The van der Waals surface area contributed by atoms with Gasteiger partial charge < -0.3 is 11.1 Å². The molecule has 13 heavy (non-hydrogen) atoms. The highest BCUT2D eigenvalue weighted by atomic mass is 32.2. The number of nitrogens with one attached hydrogen (secondary N) is 1. The summed E-state index contributed by atoms with van der Waals surface area (Å²) >= 11 is 1.63. The Balaban J connectivity index is 3.39. The van der Waals surface area contributed by atoms with Gasteiger partial charge >= 0.3 is 0 Å². The Morgan fingerprint density at radius 2 is 2.46 bits per heavy atom. The van der Waals surface area contributed by atoms with E-state index in [1.807, 2.05) is 0 Å². The molecule has 0 heterocycles. The average molecular weight is 202 g/mol. The second kappa shape index (κ2) is 8.13. The van der Waals surface area contributed by atoms with Gasteiger partial charge in [0, 0.05) is 11.8 Å². The van der Waals surface area contributed by atoms with Crippen LogP contribution in [0.3, 0.4) is 0 Å². The average Bonchev–Trinajstić information content (AvgIpc) is 2.12. The zero-order valence-corrected chi connectivity index (χ0v) is 8.90. The van der Waals surface area contributed by atoms with E-state index in [1.54, 1.807) is 17.8 Å². The second-order valence-electron chi connectivity index (χ2n) is 2.79. The Morgan fingerprint density at radius 1 is 1.77 bits per heavy atom. The van der Waals surface area contributed by atoms with Crippen molar-refractivity contribution >= 4 is 17.7 Å². The molecule has 0 rings (SSSR count). The Hall–Kier alpha value is -0.480. The van der Waals surface area contributed by atoms with Crippen LogP contribution in [0.5, 0.6) is 0 Å². The van der Waals surface area contributed by atoms with Crippen molar-refractivity contribution in [3.05, 3.63) is 12.7 Å². The lowest BCUT2D eigenvalue weighted by molar-refractivity contribution is -0.118. The lowest BCUT2D eigenvalue weighted by Crippen LogP contribution is -2.25. The van der Waals surface area contributed by atoms with Crippen LogP contribution in [-0.2, 0) is 4.79 Å². The summed E-state index contributed by atoms with van der Waals surface area (Å²) in [6, 6.07) is 0. The van der Waals surface area contributed by atoms with Crippen molar-refractivity contribution in [2.45, 2.75) is 18.6 Å². The van der Waals surface area contributed by atoms with Gasteiger partial charge in [0.05, 0.1) is 5.75 Å². The molecule has 1 atom stereocenters. The van der Waals surface area contributed by atoms with E-state index < -0.39 is 0 Å². The quantitative estimate of drug-likeness (QED) is 0.599. The first-order valence-electron chi connectivity index (χ1n) is 4.40. The summed E-state index contributed by atoms with van der Waals surface area (Å²) in [5.41, 5.74) is 5.39. The topological polar surface area (TPSA) is 55.1 Å². The van der Waals surface area contributed by atoms with Crippen molar-refractivity contribution in [2.75, 3.05) is 18.8 Å². The molecule has 0 aromatic carbocycles. The van der Waals surface area contributed by atoms with Crippen molar-refractivity contribution in [1.82, 2.24) is 5.32 Å². The van der Waals surface area contributed by atoms with Gasteiger partial charge in [-0.15, -0.1) is 18.3 Å². The SMILES string of the molecule is C=CCNC(=O)CSC(C)CCN. The Bertz CT molecular complexity index is 162. The third-order valence-corrected chi connectivity index (χ3v) is 2.75. The van der Waals surface area contributed by atoms with Crippen LogP contribution in [-0.4, -0.2) is 30.0 Å². The van der Waals surface area contributed by atoms with Crippen LogP contribution in [0.1, 0.15) is 13.3 Å². The van der Waals surface area contributed by atoms with E-state index in [0.717, 1.165) is 6.42 Å². The summed E-state index contributed by atoms with van der Waals surface area (Å²) in [5.74, 6) is 0.573. The lowest BCUT2D eigenvalue weighted by atomic mass is 10.3. The minimum absolute atomic E-state index is 0.0637. The molecule has 0 saturated carbocycles. The van der Waals surface area contributed by atoms with E-state index in [4.69, 9.17) is 5.73 Å². The molecule has 0 aromatic rings. The Morgan fingerprint density at radius 3 is 3.00 bits per heavy atom. The monoisotopic (exact) mass is 202 g/mol. The predicted octanol–water partition coefficient (Wildman–Crippen LogP) is 0.759. The first-order chi connectivity index (χ1) is 6.20. The molecule has 0 radical (unpaired) electrons.